The molecular formula is C17H8BrCl2F4NO2S. The first kappa shape index (κ1) is 21.2. The van der Waals surface area contributed by atoms with Crippen LogP contribution in [0.4, 0.5) is 17.6 Å². The summed E-state index contributed by atoms with van der Waals surface area (Å²) in [6.45, 7) is 0. The summed E-state index contributed by atoms with van der Waals surface area (Å²) in [5, 5.41) is -0.156. The average molecular weight is 517 g/mol. The number of rotatable bonds is 3. The van der Waals surface area contributed by atoms with Gasteiger partial charge in [0.2, 0.25) is 9.84 Å². The van der Waals surface area contributed by atoms with Crippen molar-refractivity contribution in [2.45, 2.75) is 16.0 Å². The van der Waals surface area contributed by atoms with Gasteiger partial charge in [-0.15, -0.1) is 0 Å². The lowest BCUT2D eigenvalue weighted by Gasteiger charge is -2.08. The topological polar surface area (TPSA) is 49.9 Å². The Morgan fingerprint density at radius 2 is 1.61 bits per heavy atom. The molecule has 0 aliphatic heterocycles. The van der Waals surface area contributed by atoms with Crippen LogP contribution in [0.2, 0.25) is 10.0 Å². The van der Waals surface area contributed by atoms with E-state index in [1.165, 1.54) is 24.3 Å². The molecule has 0 saturated heterocycles. The molecule has 0 fully saturated rings. The van der Waals surface area contributed by atoms with Gasteiger partial charge in [-0.3, -0.25) is 0 Å². The fourth-order valence-electron chi connectivity index (χ4n) is 2.49. The Balaban J connectivity index is 2.33. The smallest absolute Gasteiger partial charge is 0.349 e. The molecule has 3 aromatic rings. The SMILES string of the molecule is O=S(=O)(c1ccc(F)c(Cl)c1)c1c(-c2ccc(Cl)cc2)[nH]c(C(F)(F)F)c1Br. The fourth-order valence-corrected chi connectivity index (χ4v) is 5.55. The van der Waals surface area contributed by atoms with Crippen LogP contribution in [0.5, 0.6) is 0 Å². The molecule has 1 N–H and O–H groups in total. The summed E-state index contributed by atoms with van der Waals surface area (Å²) in [4.78, 5) is 1.02. The largest absolute Gasteiger partial charge is 0.432 e. The molecule has 0 amide bonds. The highest BCUT2D eigenvalue weighted by Crippen LogP contribution is 2.44. The van der Waals surface area contributed by atoms with Crippen LogP contribution in [-0.2, 0) is 16.0 Å². The minimum atomic E-state index is -4.85. The second-order valence-corrected chi connectivity index (χ2v) is 9.13. The number of benzene rings is 2. The van der Waals surface area contributed by atoms with E-state index in [4.69, 9.17) is 23.2 Å². The van der Waals surface area contributed by atoms with Crippen LogP contribution < -0.4 is 0 Å². The van der Waals surface area contributed by atoms with Crippen molar-refractivity contribution >= 4 is 49.0 Å². The van der Waals surface area contributed by atoms with Gasteiger partial charge < -0.3 is 4.98 Å². The Bertz CT molecular complexity index is 1160. The van der Waals surface area contributed by atoms with Crippen molar-refractivity contribution in [1.82, 2.24) is 4.98 Å². The molecule has 28 heavy (non-hydrogen) atoms. The van der Waals surface area contributed by atoms with Gasteiger partial charge >= 0.3 is 6.18 Å². The highest BCUT2D eigenvalue weighted by Gasteiger charge is 2.40. The van der Waals surface area contributed by atoms with Crippen molar-refractivity contribution in [2.24, 2.45) is 0 Å². The molecule has 0 spiro atoms. The summed E-state index contributed by atoms with van der Waals surface area (Å²) in [7, 11) is -4.50. The molecular weight excluding hydrogens is 509 g/mol. The predicted molar refractivity (Wildman–Crippen MR) is 101 cm³/mol. The Labute approximate surface area is 175 Å². The quantitative estimate of drug-likeness (QED) is 0.309. The van der Waals surface area contributed by atoms with Crippen LogP contribution in [0.3, 0.4) is 0 Å². The number of hydrogen-bond acceptors (Lipinski definition) is 2. The number of aromatic nitrogens is 1. The summed E-state index contributed by atoms with van der Waals surface area (Å²) >= 11 is 14.2. The highest BCUT2D eigenvalue weighted by molar-refractivity contribution is 9.10. The molecule has 1 heterocycles. The zero-order chi connectivity index (χ0) is 20.9. The summed E-state index contributed by atoms with van der Waals surface area (Å²) in [6, 6.07) is 8.14. The minimum absolute atomic E-state index is 0.160. The van der Waals surface area contributed by atoms with Gasteiger partial charge in [0, 0.05) is 5.02 Å². The van der Waals surface area contributed by atoms with E-state index >= 15 is 0 Å². The van der Waals surface area contributed by atoms with Crippen LogP contribution in [0.25, 0.3) is 11.3 Å². The van der Waals surface area contributed by atoms with E-state index in [2.05, 4.69) is 20.9 Å². The van der Waals surface area contributed by atoms with Crippen molar-refractivity contribution in [2.75, 3.05) is 0 Å². The number of hydrogen-bond donors (Lipinski definition) is 1. The summed E-state index contributed by atoms with van der Waals surface area (Å²) in [5.41, 5.74) is -1.41. The molecule has 0 radical (unpaired) electrons. The third-order valence-corrected chi connectivity index (χ3v) is 7.20. The van der Waals surface area contributed by atoms with Gasteiger partial charge in [-0.05, 0) is 51.8 Å². The minimum Gasteiger partial charge on any atom is -0.349 e. The van der Waals surface area contributed by atoms with E-state index < -0.39 is 46.8 Å². The first-order chi connectivity index (χ1) is 12.9. The highest BCUT2D eigenvalue weighted by atomic mass is 79.9. The number of alkyl halides is 3. The second-order valence-electron chi connectivity index (χ2n) is 5.60. The standard InChI is InChI=1S/C17H8BrCl2F4NO2S/c18-13-15(28(26,27)10-5-6-12(21)11(20)7-10)14(25-16(13)17(22,23)24)8-1-3-9(19)4-2-8/h1-7,25H. The lowest BCUT2D eigenvalue weighted by Crippen LogP contribution is -2.07. The average Bonchev–Trinajstić information content (AvgIpc) is 2.96. The lowest BCUT2D eigenvalue weighted by atomic mass is 10.2. The zero-order valence-electron chi connectivity index (χ0n) is 13.4. The monoisotopic (exact) mass is 515 g/mol. The van der Waals surface area contributed by atoms with Gasteiger partial charge in [0.25, 0.3) is 0 Å². The molecule has 2 aromatic carbocycles. The number of aromatic amines is 1. The molecule has 3 rings (SSSR count). The zero-order valence-corrected chi connectivity index (χ0v) is 17.3. The van der Waals surface area contributed by atoms with Crippen molar-refractivity contribution in [1.29, 1.82) is 0 Å². The molecule has 3 nitrogen and oxygen atoms in total. The molecule has 0 atom stereocenters. The van der Waals surface area contributed by atoms with E-state index in [0.717, 1.165) is 18.2 Å². The second kappa shape index (κ2) is 7.37. The predicted octanol–water partition coefficient (Wildman–Crippen LogP) is 6.74. The van der Waals surface area contributed by atoms with Crippen molar-refractivity contribution in [3.8, 4) is 11.3 Å². The maximum Gasteiger partial charge on any atom is 0.432 e. The van der Waals surface area contributed by atoms with E-state index in [0.29, 0.717) is 5.02 Å². The molecule has 0 bridgehead atoms. The number of H-pyrrole nitrogens is 1. The van der Waals surface area contributed by atoms with Crippen LogP contribution in [0.15, 0.2) is 56.7 Å². The Morgan fingerprint density at radius 3 is 2.14 bits per heavy atom. The maximum atomic E-state index is 13.4. The van der Waals surface area contributed by atoms with Crippen molar-refractivity contribution in [3.63, 3.8) is 0 Å². The molecule has 148 valence electrons. The Kier molecular flexibility index (Phi) is 5.57. The Morgan fingerprint density at radius 1 is 1.00 bits per heavy atom. The van der Waals surface area contributed by atoms with Gasteiger partial charge in [0.15, 0.2) is 0 Å². The van der Waals surface area contributed by atoms with E-state index in [9.17, 15) is 26.0 Å². The Hall–Kier alpha value is -1.55. The fraction of sp³-hybridized carbons (Fsp3) is 0.0588. The summed E-state index contributed by atoms with van der Waals surface area (Å²) in [5.74, 6) is -0.859. The van der Waals surface area contributed by atoms with Crippen LogP contribution in [-0.4, -0.2) is 13.4 Å². The number of sulfone groups is 1. The normalized spacial score (nSPS) is 12.4. The van der Waals surface area contributed by atoms with E-state index in [1.54, 1.807) is 0 Å². The van der Waals surface area contributed by atoms with Crippen LogP contribution in [0.1, 0.15) is 5.69 Å². The molecule has 0 aliphatic carbocycles. The first-order valence-electron chi connectivity index (χ1n) is 7.37. The molecule has 0 unspecified atom stereocenters. The van der Waals surface area contributed by atoms with Gasteiger partial charge in [0.1, 0.15) is 16.4 Å². The van der Waals surface area contributed by atoms with Gasteiger partial charge in [-0.1, -0.05) is 35.3 Å². The molecule has 0 aliphatic rings. The lowest BCUT2D eigenvalue weighted by molar-refractivity contribution is -0.141. The molecule has 0 saturated carbocycles. The van der Waals surface area contributed by atoms with Gasteiger partial charge in [-0.2, -0.15) is 13.2 Å². The molecule has 11 heteroatoms. The van der Waals surface area contributed by atoms with Gasteiger partial charge in [0.05, 0.1) is 20.1 Å². The van der Waals surface area contributed by atoms with E-state index in [1.807, 2.05) is 0 Å². The van der Waals surface area contributed by atoms with E-state index in [-0.39, 0.29) is 11.3 Å². The first-order valence-corrected chi connectivity index (χ1v) is 10.4. The van der Waals surface area contributed by atoms with Crippen molar-refractivity contribution in [3.05, 3.63) is 68.5 Å². The third kappa shape index (κ3) is 3.80. The number of nitrogens with one attached hydrogen (secondary N) is 1. The van der Waals surface area contributed by atoms with Crippen LogP contribution >= 0.6 is 39.1 Å². The third-order valence-electron chi connectivity index (χ3n) is 3.78. The summed E-state index contributed by atoms with van der Waals surface area (Å²) < 4.78 is 79.1. The van der Waals surface area contributed by atoms with Crippen LogP contribution in [0, 0.1) is 5.82 Å². The summed E-state index contributed by atoms with van der Waals surface area (Å²) in [6.07, 6.45) is -4.85. The van der Waals surface area contributed by atoms with Crippen molar-refractivity contribution < 1.29 is 26.0 Å². The van der Waals surface area contributed by atoms with Gasteiger partial charge in [-0.25, -0.2) is 12.8 Å². The number of halogens is 7. The molecule has 1 aromatic heterocycles. The maximum absolute atomic E-state index is 13.4.